The smallest absolute Gasteiger partial charge is 0.175 e. The number of anilines is 1. The van der Waals surface area contributed by atoms with E-state index in [1.165, 1.54) is 19.4 Å². The molecule has 7 nitrogen and oxygen atoms in total. The average molecular weight is 292 g/mol. The Morgan fingerprint density at radius 3 is 2.86 bits per heavy atom. The van der Waals surface area contributed by atoms with E-state index in [4.69, 9.17) is 10.9 Å². The van der Waals surface area contributed by atoms with Gasteiger partial charge >= 0.3 is 0 Å². The molecule has 2 saturated heterocycles. The molecular weight excluding hydrogens is 268 g/mol. The van der Waals surface area contributed by atoms with Gasteiger partial charge < -0.3 is 15.8 Å². The van der Waals surface area contributed by atoms with Crippen LogP contribution in [-0.4, -0.2) is 57.9 Å². The predicted molar refractivity (Wildman–Crippen MR) is 81.9 cm³/mol. The molecule has 0 radical (unpaired) electrons. The molecule has 3 heterocycles. The van der Waals surface area contributed by atoms with Crippen LogP contribution in [0.4, 0.5) is 5.82 Å². The summed E-state index contributed by atoms with van der Waals surface area (Å²) in [5.41, 5.74) is 7.43. The highest BCUT2D eigenvalue weighted by atomic mass is 16.4. The molecule has 3 rings (SSSR count). The molecule has 7 heteroatoms. The Labute approximate surface area is 125 Å². The summed E-state index contributed by atoms with van der Waals surface area (Å²) in [5.74, 6) is 1.11. The van der Waals surface area contributed by atoms with Crippen LogP contribution < -0.4 is 10.6 Å². The quantitative estimate of drug-likeness (QED) is 0.359. The van der Waals surface area contributed by atoms with Crippen LogP contribution in [0.25, 0.3) is 0 Å². The van der Waals surface area contributed by atoms with Crippen LogP contribution in [-0.2, 0) is 7.05 Å². The minimum atomic E-state index is 0.142. The summed E-state index contributed by atoms with van der Waals surface area (Å²) in [6, 6.07) is 0.614. The van der Waals surface area contributed by atoms with Gasteiger partial charge in [-0.2, -0.15) is 5.10 Å². The van der Waals surface area contributed by atoms with Crippen LogP contribution >= 0.6 is 0 Å². The molecule has 1 aromatic rings. The van der Waals surface area contributed by atoms with Gasteiger partial charge in [0.1, 0.15) is 5.82 Å². The zero-order valence-electron chi connectivity index (χ0n) is 12.8. The van der Waals surface area contributed by atoms with Gasteiger partial charge in [-0.25, -0.2) is 0 Å². The molecule has 2 aliphatic rings. The summed E-state index contributed by atoms with van der Waals surface area (Å²) in [7, 11) is 1.92. The largest absolute Gasteiger partial charge is 0.409 e. The van der Waals surface area contributed by atoms with Gasteiger partial charge in [0, 0.05) is 32.7 Å². The van der Waals surface area contributed by atoms with E-state index in [0.717, 1.165) is 43.1 Å². The molecule has 3 N–H and O–H groups in total. The number of oxime groups is 1. The maximum atomic E-state index is 9.05. The molecule has 116 valence electrons. The molecule has 2 fully saturated rings. The lowest BCUT2D eigenvalue weighted by Crippen LogP contribution is -2.38. The lowest BCUT2D eigenvalue weighted by Gasteiger charge is -2.27. The van der Waals surface area contributed by atoms with E-state index in [1.807, 2.05) is 18.7 Å². The topological polar surface area (TPSA) is 82.9 Å². The first kappa shape index (κ1) is 14.2. The van der Waals surface area contributed by atoms with E-state index in [9.17, 15) is 0 Å². The molecule has 1 unspecified atom stereocenters. The van der Waals surface area contributed by atoms with Crippen molar-refractivity contribution < 1.29 is 5.21 Å². The van der Waals surface area contributed by atoms with E-state index in [0.29, 0.717) is 6.04 Å². The highest BCUT2D eigenvalue weighted by Gasteiger charge is 2.31. The maximum Gasteiger partial charge on any atom is 0.175 e. The van der Waals surface area contributed by atoms with Crippen molar-refractivity contribution in [2.75, 3.05) is 31.1 Å². The molecule has 2 aliphatic heterocycles. The van der Waals surface area contributed by atoms with Crippen LogP contribution in [0.2, 0.25) is 0 Å². The number of aryl methyl sites for hydroxylation is 2. The number of hydrogen-bond donors (Lipinski definition) is 2. The van der Waals surface area contributed by atoms with Gasteiger partial charge in [-0.3, -0.25) is 9.58 Å². The van der Waals surface area contributed by atoms with Gasteiger partial charge in [-0.15, -0.1) is 0 Å². The Kier molecular flexibility index (Phi) is 3.75. The minimum Gasteiger partial charge on any atom is -0.409 e. The fourth-order valence-electron chi connectivity index (χ4n) is 3.76. The normalized spacial score (nSPS) is 24.2. The molecule has 1 aromatic heterocycles. The number of hydrogen-bond acceptors (Lipinski definition) is 5. The Bertz CT molecular complexity index is 552. The Morgan fingerprint density at radius 2 is 2.10 bits per heavy atom. The number of fused-ring (bicyclic) bond motifs is 1. The number of aromatic nitrogens is 2. The number of nitrogens with zero attached hydrogens (tertiary/aromatic N) is 5. The zero-order chi connectivity index (χ0) is 15.0. The van der Waals surface area contributed by atoms with Crippen molar-refractivity contribution in [1.82, 2.24) is 14.7 Å². The standard InChI is InChI=1S/C14H24N6O/c1-10-12(13(15)17-21)14(18(2)16-10)20-8-4-7-19-6-3-5-11(19)9-20/h11,21H,3-9H2,1-2H3,(H2,15,17). The first-order valence-corrected chi connectivity index (χ1v) is 7.62. The second kappa shape index (κ2) is 5.55. The van der Waals surface area contributed by atoms with E-state index in [-0.39, 0.29) is 5.84 Å². The number of amidine groups is 1. The third-order valence-electron chi connectivity index (χ3n) is 4.66. The van der Waals surface area contributed by atoms with E-state index < -0.39 is 0 Å². The molecule has 21 heavy (non-hydrogen) atoms. The molecular formula is C14H24N6O. The van der Waals surface area contributed by atoms with E-state index in [1.54, 1.807) is 0 Å². The maximum absolute atomic E-state index is 9.05. The fourth-order valence-corrected chi connectivity index (χ4v) is 3.76. The molecule has 0 amide bonds. The van der Waals surface area contributed by atoms with Crippen molar-refractivity contribution in [3.63, 3.8) is 0 Å². The number of nitrogens with two attached hydrogens (primary N) is 1. The van der Waals surface area contributed by atoms with Gasteiger partial charge in [-0.1, -0.05) is 5.16 Å². The summed E-state index contributed by atoms with van der Waals surface area (Å²) < 4.78 is 1.85. The summed E-state index contributed by atoms with van der Waals surface area (Å²) >= 11 is 0. The Hall–Kier alpha value is -1.76. The second-order valence-corrected chi connectivity index (χ2v) is 6.02. The predicted octanol–water partition coefficient (Wildman–Crippen LogP) is 0.498. The fraction of sp³-hybridized carbons (Fsp3) is 0.714. The van der Waals surface area contributed by atoms with Gasteiger partial charge in [0.2, 0.25) is 0 Å². The molecule has 0 aromatic carbocycles. The molecule has 0 saturated carbocycles. The highest BCUT2D eigenvalue weighted by molar-refractivity contribution is 6.02. The number of rotatable bonds is 2. The third-order valence-corrected chi connectivity index (χ3v) is 4.66. The van der Waals surface area contributed by atoms with Crippen molar-refractivity contribution in [1.29, 1.82) is 0 Å². The molecule has 1 atom stereocenters. The molecule has 0 bridgehead atoms. The highest BCUT2D eigenvalue weighted by Crippen LogP contribution is 2.28. The summed E-state index contributed by atoms with van der Waals surface area (Å²) in [6.07, 6.45) is 3.68. The third kappa shape index (κ3) is 2.46. The van der Waals surface area contributed by atoms with Crippen LogP contribution in [0.3, 0.4) is 0 Å². The first-order valence-electron chi connectivity index (χ1n) is 7.62. The van der Waals surface area contributed by atoms with Crippen LogP contribution in [0.15, 0.2) is 5.16 Å². The van der Waals surface area contributed by atoms with Crippen molar-refractivity contribution in [2.45, 2.75) is 32.2 Å². The van der Waals surface area contributed by atoms with E-state index >= 15 is 0 Å². The first-order chi connectivity index (χ1) is 10.1. The van der Waals surface area contributed by atoms with Gasteiger partial charge in [0.25, 0.3) is 0 Å². The lowest BCUT2D eigenvalue weighted by atomic mass is 10.1. The lowest BCUT2D eigenvalue weighted by molar-refractivity contribution is 0.273. The average Bonchev–Trinajstić information content (AvgIpc) is 2.95. The second-order valence-electron chi connectivity index (χ2n) is 6.02. The van der Waals surface area contributed by atoms with Gasteiger partial charge in [-0.05, 0) is 32.7 Å². The SMILES string of the molecule is Cc1nn(C)c(N2CCCN3CCCC3C2)c1C(N)=NO. The van der Waals surface area contributed by atoms with Crippen molar-refractivity contribution >= 4 is 11.7 Å². The molecule has 0 aliphatic carbocycles. The van der Waals surface area contributed by atoms with E-state index in [2.05, 4.69) is 20.1 Å². The summed E-state index contributed by atoms with van der Waals surface area (Å²) in [5, 5.41) is 16.7. The summed E-state index contributed by atoms with van der Waals surface area (Å²) in [6.45, 7) is 6.26. The Balaban J connectivity index is 1.95. The summed E-state index contributed by atoms with van der Waals surface area (Å²) in [4.78, 5) is 4.94. The zero-order valence-corrected chi connectivity index (χ0v) is 12.8. The van der Waals surface area contributed by atoms with Gasteiger partial charge in [0.15, 0.2) is 5.84 Å². The van der Waals surface area contributed by atoms with Crippen LogP contribution in [0.1, 0.15) is 30.5 Å². The monoisotopic (exact) mass is 292 g/mol. The Morgan fingerprint density at radius 1 is 1.33 bits per heavy atom. The van der Waals surface area contributed by atoms with Crippen molar-refractivity contribution in [2.24, 2.45) is 17.9 Å². The van der Waals surface area contributed by atoms with Gasteiger partial charge in [0.05, 0.1) is 11.3 Å². The molecule has 0 spiro atoms. The minimum absolute atomic E-state index is 0.142. The van der Waals surface area contributed by atoms with Crippen LogP contribution in [0, 0.1) is 6.92 Å². The van der Waals surface area contributed by atoms with Crippen molar-refractivity contribution in [3.05, 3.63) is 11.3 Å². The van der Waals surface area contributed by atoms with Crippen molar-refractivity contribution in [3.8, 4) is 0 Å². The van der Waals surface area contributed by atoms with Crippen LogP contribution in [0.5, 0.6) is 0 Å².